The van der Waals surface area contributed by atoms with E-state index >= 15 is 0 Å². The van der Waals surface area contributed by atoms with Gasteiger partial charge in [0.25, 0.3) is 5.56 Å². The predicted molar refractivity (Wildman–Crippen MR) is 102 cm³/mol. The molecule has 0 bridgehead atoms. The maximum atomic E-state index is 12.0. The number of nitrogens with zero attached hydrogens (tertiary/aromatic N) is 3. The van der Waals surface area contributed by atoms with Gasteiger partial charge in [0, 0.05) is 11.8 Å². The summed E-state index contributed by atoms with van der Waals surface area (Å²) in [6.45, 7) is 7.64. The molecule has 7 nitrogen and oxygen atoms in total. The van der Waals surface area contributed by atoms with E-state index in [0.717, 1.165) is 11.1 Å². The highest BCUT2D eigenvalue weighted by Crippen LogP contribution is 2.27. The number of esters is 1. The lowest BCUT2D eigenvalue weighted by Gasteiger charge is -2.14. The molecule has 142 valence electrons. The predicted octanol–water partition coefficient (Wildman–Crippen LogP) is 3.01. The van der Waals surface area contributed by atoms with Gasteiger partial charge >= 0.3 is 5.97 Å². The van der Waals surface area contributed by atoms with Crippen LogP contribution in [0.1, 0.15) is 41.6 Å². The smallest absolute Gasteiger partial charge is 0.344 e. The van der Waals surface area contributed by atoms with E-state index in [-0.39, 0.29) is 24.7 Å². The van der Waals surface area contributed by atoms with Crippen LogP contribution in [-0.4, -0.2) is 27.2 Å². The second kappa shape index (κ2) is 7.87. The Morgan fingerprint density at radius 2 is 2.04 bits per heavy atom. The number of benzene rings is 1. The molecule has 0 saturated carbocycles. The number of carbonyl (C=O) groups is 1. The number of rotatable bonds is 6. The van der Waals surface area contributed by atoms with Gasteiger partial charge in [0.05, 0.1) is 0 Å². The van der Waals surface area contributed by atoms with Crippen molar-refractivity contribution in [2.45, 2.75) is 40.2 Å². The van der Waals surface area contributed by atoms with Crippen molar-refractivity contribution in [3.63, 3.8) is 0 Å². The van der Waals surface area contributed by atoms with Crippen molar-refractivity contribution in [2.75, 3.05) is 6.61 Å². The van der Waals surface area contributed by atoms with Crippen LogP contribution in [0, 0.1) is 13.8 Å². The molecule has 8 heteroatoms. The van der Waals surface area contributed by atoms with E-state index in [0.29, 0.717) is 21.4 Å². The Hall–Kier alpha value is -2.74. The highest BCUT2D eigenvalue weighted by molar-refractivity contribution is 7.16. The zero-order chi connectivity index (χ0) is 19.6. The largest absolute Gasteiger partial charge is 0.482 e. The van der Waals surface area contributed by atoms with Crippen LogP contribution in [0.25, 0.3) is 4.96 Å². The van der Waals surface area contributed by atoms with Gasteiger partial charge in [-0.1, -0.05) is 37.3 Å². The maximum absolute atomic E-state index is 12.0. The van der Waals surface area contributed by atoms with Gasteiger partial charge in [0.2, 0.25) is 4.96 Å². The summed E-state index contributed by atoms with van der Waals surface area (Å²) < 4.78 is 12.1. The molecule has 0 unspecified atom stereocenters. The van der Waals surface area contributed by atoms with E-state index in [9.17, 15) is 9.59 Å². The minimum Gasteiger partial charge on any atom is -0.482 e. The number of aryl methyl sites for hydroxylation is 2. The summed E-state index contributed by atoms with van der Waals surface area (Å²) in [5.41, 5.74) is 2.47. The normalized spacial score (nSPS) is 11.1. The number of hydrogen-bond acceptors (Lipinski definition) is 7. The molecule has 1 aromatic carbocycles. The van der Waals surface area contributed by atoms with Gasteiger partial charge in [-0.2, -0.15) is 9.61 Å². The zero-order valence-electron chi connectivity index (χ0n) is 15.7. The van der Waals surface area contributed by atoms with Crippen molar-refractivity contribution in [1.29, 1.82) is 0 Å². The van der Waals surface area contributed by atoms with Crippen molar-refractivity contribution in [1.82, 2.24) is 14.6 Å². The fourth-order valence-electron chi connectivity index (χ4n) is 2.58. The van der Waals surface area contributed by atoms with Gasteiger partial charge < -0.3 is 9.47 Å². The SMILES string of the molecule is Cc1ccc(C(C)C)c(OCC(=O)OCc2nn3c(=O)cc(C)nc3s2)c1. The molecule has 2 heterocycles. The second-order valence-corrected chi connectivity index (χ2v) is 7.61. The molecular weight excluding hydrogens is 366 g/mol. The third-order valence-electron chi connectivity index (χ3n) is 3.91. The Kier molecular flexibility index (Phi) is 5.55. The number of carbonyl (C=O) groups excluding carboxylic acids is 1. The minimum absolute atomic E-state index is 0.0282. The third kappa shape index (κ3) is 4.51. The number of ether oxygens (including phenoxy) is 2. The second-order valence-electron chi connectivity index (χ2n) is 6.57. The summed E-state index contributed by atoms with van der Waals surface area (Å²) in [7, 11) is 0. The summed E-state index contributed by atoms with van der Waals surface area (Å²) in [5, 5.41) is 4.63. The third-order valence-corrected chi connectivity index (χ3v) is 4.79. The first-order valence-corrected chi connectivity index (χ1v) is 9.40. The molecule has 0 aliphatic carbocycles. The molecule has 0 radical (unpaired) electrons. The summed E-state index contributed by atoms with van der Waals surface area (Å²) in [6, 6.07) is 7.35. The van der Waals surface area contributed by atoms with E-state index in [1.807, 2.05) is 25.1 Å². The molecule has 0 N–H and O–H groups in total. The number of aromatic nitrogens is 3. The molecule has 0 amide bonds. The Balaban J connectivity index is 1.62. The zero-order valence-corrected chi connectivity index (χ0v) is 16.5. The first-order chi connectivity index (χ1) is 12.8. The van der Waals surface area contributed by atoms with Gasteiger partial charge in [-0.05, 0) is 37.0 Å². The Morgan fingerprint density at radius 3 is 2.78 bits per heavy atom. The quantitative estimate of drug-likeness (QED) is 0.605. The molecule has 3 rings (SSSR count). The average Bonchev–Trinajstić information content (AvgIpc) is 3.01. The molecule has 0 atom stereocenters. The topological polar surface area (TPSA) is 82.8 Å². The molecule has 0 aliphatic rings. The van der Waals surface area contributed by atoms with E-state index < -0.39 is 5.97 Å². The fourth-order valence-corrected chi connectivity index (χ4v) is 3.44. The van der Waals surface area contributed by atoms with Crippen molar-refractivity contribution >= 4 is 22.3 Å². The van der Waals surface area contributed by atoms with Crippen LogP contribution in [-0.2, 0) is 16.1 Å². The molecule has 2 aromatic heterocycles. The van der Waals surface area contributed by atoms with E-state index in [1.165, 1.54) is 21.9 Å². The highest BCUT2D eigenvalue weighted by atomic mass is 32.1. The lowest BCUT2D eigenvalue weighted by Crippen LogP contribution is -2.16. The molecule has 0 aliphatic heterocycles. The Bertz CT molecular complexity index is 1040. The Morgan fingerprint density at radius 1 is 1.26 bits per heavy atom. The summed E-state index contributed by atoms with van der Waals surface area (Å²) in [6.07, 6.45) is 0. The molecular formula is C19H21N3O4S. The summed E-state index contributed by atoms with van der Waals surface area (Å²) in [4.78, 5) is 28.6. The number of fused-ring (bicyclic) bond motifs is 1. The summed E-state index contributed by atoms with van der Waals surface area (Å²) in [5.74, 6) is 0.476. The Labute approximate surface area is 160 Å². The van der Waals surface area contributed by atoms with Crippen LogP contribution < -0.4 is 10.3 Å². The van der Waals surface area contributed by atoms with E-state index in [4.69, 9.17) is 9.47 Å². The van der Waals surface area contributed by atoms with Gasteiger partial charge in [0.15, 0.2) is 11.6 Å². The van der Waals surface area contributed by atoms with Crippen molar-refractivity contribution in [3.8, 4) is 5.75 Å². The highest BCUT2D eigenvalue weighted by Gasteiger charge is 2.13. The maximum Gasteiger partial charge on any atom is 0.344 e. The monoisotopic (exact) mass is 387 g/mol. The van der Waals surface area contributed by atoms with Crippen molar-refractivity contribution in [3.05, 3.63) is 56.4 Å². The average molecular weight is 387 g/mol. The lowest BCUT2D eigenvalue weighted by molar-refractivity contribution is -0.147. The molecule has 0 fully saturated rings. The molecule has 27 heavy (non-hydrogen) atoms. The van der Waals surface area contributed by atoms with Crippen molar-refractivity contribution in [2.24, 2.45) is 0 Å². The van der Waals surface area contributed by atoms with Crippen LogP contribution in [0.5, 0.6) is 5.75 Å². The minimum atomic E-state index is -0.498. The van der Waals surface area contributed by atoms with Gasteiger partial charge in [0.1, 0.15) is 12.4 Å². The van der Waals surface area contributed by atoms with Crippen LogP contribution in [0.15, 0.2) is 29.1 Å². The van der Waals surface area contributed by atoms with Gasteiger partial charge in [-0.25, -0.2) is 9.78 Å². The van der Waals surface area contributed by atoms with Crippen LogP contribution in [0.4, 0.5) is 0 Å². The van der Waals surface area contributed by atoms with Crippen LogP contribution >= 0.6 is 11.3 Å². The van der Waals surface area contributed by atoms with Crippen molar-refractivity contribution < 1.29 is 14.3 Å². The summed E-state index contributed by atoms with van der Waals surface area (Å²) >= 11 is 1.21. The number of hydrogen-bond donors (Lipinski definition) is 0. The van der Waals surface area contributed by atoms with Crippen LogP contribution in [0.3, 0.4) is 0 Å². The van der Waals surface area contributed by atoms with Gasteiger partial charge in [-0.15, -0.1) is 0 Å². The van der Waals surface area contributed by atoms with Gasteiger partial charge in [-0.3, -0.25) is 4.79 Å². The van der Waals surface area contributed by atoms with E-state index in [2.05, 4.69) is 23.9 Å². The lowest BCUT2D eigenvalue weighted by atomic mass is 10.0. The molecule has 3 aromatic rings. The molecule has 0 spiro atoms. The molecule has 0 saturated heterocycles. The fraction of sp³-hybridized carbons (Fsp3) is 0.368. The first kappa shape index (κ1) is 19.0. The standard InChI is InChI=1S/C19H21N3O4S/c1-11(2)14-6-5-12(3)7-15(14)25-10-18(24)26-9-16-21-22-17(23)8-13(4)20-19(22)27-16/h5-8,11H,9-10H2,1-4H3. The van der Waals surface area contributed by atoms with Crippen LogP contribution in [0.2, 0.25) is 0 Å². The first-order valence-electron chi connectivity index (χ1n) is 8.59. The van der Waals surface area contributed by atoms with E-state index in [1.54, 1.807) is 6.92 Å².